The number of rotatable bonds is 5. The first-order valence-corrected chi connectivity index (χ1v) is 7.35. The highest BCUT2D eigenvalue weighted by atomic mass is 35.5. The molecular weight excluding hydrogens is 308 g/mol. The van der Waals surface area contributed by atoms with Crippen LogP contribution in [0.4, 0.5) is 0 Å². The van der Waals surface area contributed by atoms with Crippen LogP contribution >= 0.6 is 11.6 Å². The summed E-state index contributed by atoms with van der Waals surface area (Å²) in [6.45, 7) is 2.63. The molecule has 0 radical (unpaired) electrons. The topological polar surface area (TPSA) is 59.1 Å². The number of carbonyl (C=O) groups is 2. The highest BCUT2D eigenvalue weighted by Crippen LogP contribution is 2.28. The van der Waals surface area contributed by atoms with Gasteiger partial charge in [-0.2, -0.15) is 0 Å². The van der Waals surface area contributed by atoms with Gasteiger partial charge in [-0.25, -0.2) is 0 Å². The summed E-state index contributed by atoms with van der Waals surface area (Å²) in [6, 6.07) is 5.11. The Morgan fingerprint density at radius 2 is 1.73 bits per heavy atom. The normalized spacial score (nSPS) is 15.5. The van der Waals surface area contributed by atoms with Gasteiger partial charge in [0.25, 0.3) is 5.91 Å². The number of methoxy groups -OCH3 is 2. The zero-order valence-electron chi connectivity index (χ0n) is 12.7. The van der Waals surface area contributed by atoms with E-state index in [1.54, 1.807) is 30.2 Å². The Morgan fingerprint density at radius 1 is 1.09 bits per heavy atom. The van der Waals surface area contributed by atoms with Crippen molar-refractivity contribution in [2.75, 3.05) is 46.9 Å². The lowest BCUT2D eigenvalue weighted by Gasteiger charge is -2.34. The molecule has 0 aromatic heterocycles. The summed E-state index contributed by atoms with van der Waals surface area (Å²) >= 11 is 5.38. The second-order valence-corrected chi connectivity index (χ2v) is 5.41. The van der Waals surface area contributed by atoms with Gasteiger partial charge in [-0.1, -0.05) is 0 Å². The summed E-state index contributed by atoms with van der Waals surface area (Å²) in [5.74, 6) is 1.06. The molecule has 0 bridgehead atoms. The van der Waals surface area contributed by atoms with Gasteiger partial charge >= 0.3 is 0 Å². The smallest absolute Gasteiger partial charge is 0.254 e. The van der Waals surface area contributed by atoms with Gasteiger partial charge in [-0.3, -0.25) is 14.5 Å². The minimum atomic E-state index is -0.375. The van der Waals surface area contributed by atoms with Crippen molar-refractivity contribution in [1.29, 1.82) is 0 Å². The van der Waals surface area contributed by atoms with Crippen molar-refractivity contribution in [3.63, 3.8) is 0 Å². The van der Waals surface area contributed by atoms with Crippen LogP contribution in [-0.2, 0) is 4.79 Å². The van der Waals surface area contributed by atoms with Crippen LogP contribution in [-0.4, -0.2) is 67.9 Å². The van der Waals surface area contributed by atoms with Crippen LogP contribution in [0.1, 0.15) is 10.4 Å². The molecule has 0 unspecified atom stereocenters. The van der Waals surface area contributed by atoms with Gasteiger partial charge < -0.3 is 14.4 Å². The Labute approximate surface area is 134 Å². The van der Waals surface area contributed by atoms with Crippen LogP contribution in [0.25, 0.3) is 0 Å². The standard InChI is InChI=1S/C15H19ClN2O4/c1-21-12-4-3-11(9-13(12)22-2)15(20)18-7-5-17(6-8-18)10-14(16)19/h3-4,9H,5-8,10H2,1-2H3. The SMILES string of the molecule is COc1ccc(C(=O)N2CCN(CC(=O)Cl)CC2)cc1OC. The van der Waals surface area contributed by atoms with E-state index >= 15 is 0 Å². The first-order valence-electron chi connectivity index (χ1n) is 6.97. The molecule has 1 heterocycles. The minimum Gasteiger partial charge on any atom is -0.493 e. The van der Waals surface area contributed by atoms with E-state index in [1.807, 2.05) is 4.90 Å². The number of benzene rings is 1. The molecule has 1 fully saturated rings. The number of nitrogens with zero attached hydrogens (tertiary/aromatic N) is 2. The third-order valence-electron chi connectivity index (χ3n) is 3.64. The minimum absolute atomic E-state index is 0.0576. The molecule has 7 heteroatoms. The molecule has 6 nitrogen and oxygen atoms in total. The number of carbonyl (C=O) groups excluding carboxylic acids is 2. The fraction of sp³-hybridized carbons (Fsp3) is 0.467. The fourth-order valence-corrected chi connectivity index (χ4v) is 2.61. The van der Waals surface area contributed by atoms with Gasteiger partial charge in [-0.05, 0) is 29.8 Å². The molecule has 1 aromatic rings. The Kier molecular flexibility index (Phi) is 5.63. The van der Waals surface area contributed by atoms with Crippen molar-refractivity contribution in [3.05, 3.63) is 23.8 Å². The third kappa shape index (κ3) is 3.90. The van der Waals surface area contributed by atoms with Crippen molar-refractivity contribution in [3.8, 4) is 11.5 Å². The monoisotopic (exact) mass is 326 g/mol. The maximum Gasteiger partial charge on any atom is 0.254 e. The van der Waals surface area contributed by atoms with E-state index in [0.717, 1.165) is 0 Å². The summed E-state index contributed by atoms with van der Waals surface area (Å²) < 4.78 is 10.4. The predicted octanol–water partition coefficient (Wildman–Crippen LogP) is 1.23. The van der Waals surface area contributed by atoms with E-state index in [9.17, 15) is 9.59 Å². The summed E-state index contributed by atoms with van der Waals surface area (Å²) in [5.41, 5.74) is 0.555. The van der Waals surface area contributed by atoms with E-state index in [4.69, 9.17) is 21.1 Å². The highest BCUT2D eigenvalue weighted by Gasteiger charge is 2.23. The first kappa shape index (κ1) is 16.6. The quantitative estimate of drug-likeness (QED) is 0.762. The van der Waals surface area contributed by atoms with Crippen LogP contribution < -0.4 is 9.47 Å². The second kappa shape index (κ2) is 7.47. The van der Waals surface area contributed by atoms with Crippen LogP contribution in [0, 0.1) is 0 Å². The van der Waals surface area contributed by atoms with Crippen molar-refractivity contribution < 1.29 is 19.1 Å². The van der Waals surface area contributed by atoms with E-state index in [-0.39, 0.29) is 17.7 Å². The lowest BCUT2D eigenvalue weighted by atomic mass is 10.1. The molecule has 0 atom stereocenters. The van der Waals surface area contributed by atoms with Gasteiger partial charge in [0.2, 0.25) is 5.24 Å². The molecule has 22 heavy (non-hydrogen) atoms. The van der Waals surface area contributed by atoms with E-state index in [0.29, 0.717) is 43.2 Å². The molecule has 0 N–H and O–H groups in total. The molecule has 0 saturated carbocycles. The average molecular weight is 327 g/mol. The summed E-state index contributed by atoms with van der Waals surface area (Å²) in [6.07, 6.45) is 0. The number of piperazine rings is 1. The number of hydrogen-bond acceptors (Lipinski definition) is 5. The molecule has 120 valence electrons. The second-order valence-electron chi connectivity index (χ2n) is 4.99. The van der Waals surface area contributed by atoms with Crippen molar-refractivity contribution in [2.45, 2.75) is 0 Å². The number of ether oxygens (including phenoxy) is 2. The predicted molar refractivity (Wildman–Crippen MR) is 82.7 cm³/mol. The molecule has 1 aliphatic rings. The lowest BCUT2D eigenvalue weighted by Crippen LogP contribution is -2.49. The fourth-order valence-electron chi connectivity index (χ4n) is 2.44. The van der Waals surface area contributed by atoms with Crippen molar-refractivity contribution >= 4 is 22.8 Å². The molecule has 1 aliphatic heterocycles. The Hall–Kier alpha value is -1.79. The number of amides is 1. The van der Waals surface area contributed by atoms with Gasteiger partial charge in [0.15, 0.2) is 11.5 Å². The molecule has 1 saturated heterocycles. The molecule has 0 aliphatic carbocycles. The van der Waals surface area contributed by atoms with Gasteiger partial charge in [-0.15, -0.1) is 0 Å². The van der Waals surface area contributed by atoms with E-state index in [2.05, 4.69) is 0 Å². The lowest BCUT2D eigenvalue weighted by molar-refractivity contribution is -0.113. The van der Waals surface area contributed by atoms with Gasteiger partial charge in [0.1, 0.15) is 0 Å². The Balaban J connectivity index is 2.02. The Bertz CT molecular complexity index is 556. The number of hydrogen-bond donors (Lipinski definition) is 0. The van der Waals surface area contributed by atoms with Crippen LogP contribution in [0.2, 0.25) is 0 Å². The summed E-state index contributed by atoms with van der Waals surface area (Å²) in [4.78, 5) is 27.1. The summed E-state index contributed by atoms with van der Waals surface area (Å²) in [5, 5.41) is -0.375. The zero-order chi connectivity index (χ0) is 16.1. The average Bonchev–Trinajstić information content (AvgIpc) is 2.53. The van der Waals surface area contributed by atoms with Crippen LogP contribution in [0.5, 0.6) is 11.5 Å². The molecule has 1 aromatic carbocycles. The molecular formula is C15H19ClN2O4. The summed E-state index contributed by atoms with van der Waals surface area (Å²) in [7, 11) is 3.09. The zero-order valence-corrected chi connectivity index (χ0v) is 13.4. The van der Waals surface area contributed by atoms with E-state index < -0.39 is 0 Å². The van der Waals surface area contributed by atoms with Gasteiger partial charge in [0.05, 0.1) is 20.8 Å². The maximum atomic E-state index is 12.5. The molecule has 0 spiro atoms. The van der Waals surface area contributed by atoms with Crippen LogP contribution in [0.15, 0.2) is 18.2 Å². The maximum absolute atomic E-state index is 12.5. The van der Waals surface area contributed by atoms with Crippen molar-refractivity contribution in [2.24, 2.45) is 0 Å². The third-order valence-corrected chi connectivity index (χ3v) is 3.76. The van der Waals surface area contributed by atoms with Crippen molar-refractivity contribution in [1.82, 2.24) is 9.80 Å². The first-order chi connectivity index (χ1) is 10.5. The molecule has 1 amide bonds. The Morgan fingerprint density at radius 3 is 2.27 bits per heavy atom. The van der Waals surface area contributed by atoms with Gasteiger partial charge in [0, 0.05) is 31.7 Å². The number of halogens is 1. The van der Waals surface area contributed by atoms with E-state index in [1.165, 1.54) is 7.11 Å². The highest BCUT2D eigenvalue weighted by molar-refractivity contribution is 6.64. The largest absolute Gasteiger partial charge is 0.493 e. The molecule has 2 rings (SSSR count). The van der Waals surface area contributed by atoms with Crippen LogP contribution in [0.3, 0.4) is 0 Å².